The summed E-state index contributed by atoms with van der Waals surface area (Å²) in [5.41, 5.74) is 0.719. The highest BCUT2D eigenvalue weighted by molar-refractivity contribution is 7.90. The summed E-state index contributed by atoms with van der Waals surface area (Å²) in [7, 11) is -3.39. The lowest BCUT2D eigenvalue weighted by atomic mass is 10.2. The van der Waals surface area contributed by atoms with E-state index >= 15 is 0 Å². The van der Waals surface area contributed by atoms with Crippen molar-refractivity contribution in [3.63, 3.8) is 0 Å². The van der Waals surface area contributed by atoms with Crippen LogP contribution in [0, 0.1) is 5.82 Å². The highest BCUT2D eigenvalue weighted by atomic mass is 35.5. The summed E-state index contributed by atoms with van der Waals surface area (Å²) in [6.45, 7) is -0.0718. The minimum Gasteiger partial charge on any atom is -0.407 e. The van der Waals surface area contributed by atoms with Gasteiger partial charge in [0.15, 0.2) is 9.84 Å². The van der Waals surface area contributed by atoms with Gasteiger partial charge in [-0.05, 0) is 48.0 Å². The molecule has 2 aromatic carbocycles. The molecule has 3 rings (SSSR count). The number of ether oxygens (including phenoxy) is 1. The van der Waals surface area contributed by atoms with E-state index < -0.39 is 33.4 Å². The fraction of sp³-hybridized carbons (Fsp3) is 0.263. The SMILES string of the molecule is CS(=O)(=O)c1ccc(N2CC[C@@](O)(OC(=O)NCc3cc(F)cc(Cl)c3)C2=O)cc1. The Labute approximate surface area is 177 Å². The number of hydrogen-bond donors (Lipinski definition) is 2. The first-order valence-corrected chi connectivity index (χ1v) is 11.0. The number of rotatable bonds is 5. The Bertz CT molecular complexity index is 1070. The number of carbonyl (C=O) groups excluding carboxylic acids is 2. The third-order valence-electron chi connectivity index (χ3n) is 4.45. The van der Waals surface area contributed by atoms with Crippen molar-refractivity contribution >= 4 is 39.1 Å². The van der Waals surface area contributed by atoms with Crippen molar-refractivity contribution in [2.24, 2.45) is 0 Å². The Morgan fingerprint density at radius 2 is 1.97 bits per heavy atom. The van der Waals surface area contributed by atoms with Gasteiger partial charge in [-0.3, -0.25) is 4.79 Å². The molecule has 0 aliphatic carbocycles. The number of anilines is 1. The maximum absolute atomic E-state index is 13.3. The highest BCUT2D eigenvalue weighted by Crippen LogP contribution is 2.30. The summed E-state index contributed by atoms with van der Waals surface area (Å²) >= 11 is 5.75. The van der Waals surface area contributed by atoms with E-state index in [0.717, 1.165) is 12.3 Å². The maximum atomic E-state index is 13.3. The van der Waals surface area contributed by atoms with Crippen LogP contribution in [-0.2, 0) is 25.9 Å². The summed E-state index contributed by atoms with van der Waals surface area (Å²) < 4.78 is 41.3. The second-order valence-electron chi connectivity index (χ2n) is 6.78. The lowest BCUT2D eigenvalue weighted by Crippen LogP contribution is -2.46. The molecule has 0 unspecified atom stereocenters. The first-order valence-electron chi connectivity index (χ1n) is 8.74. The van der Waals surface area contributed by atoms with Crippen molar-refractivity contribution in [3.05, 3.63) is 58.9 Å². The standard InChI is InChI=1S/C19H18ClFN2O6S/c1-30(27,28)16-4-2-15(3-5-16)23-7-6-19(26,17(23)24)29-18(25)22-11-12-8-13(20)10-14(21)9-12/h2-5,8-10,26H,6-7,11H2,1H3,(H,22,25)/t19-/m1/s1. The summed E-state index contributed by atoms with van der Waals surface area (Å²) in [5.74, 6) is -3.81. The molecule has 1 fully saturated rings. The Kier molecular flexibility index (Phi) is 6.02. The molecule has 1 heterocycles. The van der Waals surface area contributed by atoms with Crippen LogP contribution in [0.4, 0.5) is 14.9 Å². The third kappa shape index (κ3) is 4.89. The number of benzene rings is 2. The lowest BCUT2D eigenvalue weighted by Gasteiger charge is -2.22. The Balaban J connectivity index is 1.64. The van der Waals surface area contributed by atoms with E-state index in [1.54, 1.807) is 0 Å². The fourth-order valence-electron chi connectivity index (χ4n) is 2.97. The molecule has 30 heavy (non-hydrogen) atoms. The largest absolute Gasteiger partial charge is 0.410 e. The van der Waals surface area contributed by atoms with E-state index in [0.29, 0.717) is 11.3 Å². The van der Waals surface area contributed by atoms with Gasteiger partial charge < -0.3 is 20.1 Å². The van der Waals surface area contributed by atoms with Gasteiger partial charge in [-0.1, -0.05) is 11.6 Å². The molecule has 1 aliphatic rings. The van der Waals surface area contributed by atoms with E-state index in [2.05, 4.69) is 5.32 Å². The van der Waals surface area contributed by atoms with Crippen molar-refractivity contribution < 1.29 is 32.2 Å². The number of hydrogen-bond acceptors (Lipinski definition) is 6. The summed E-state index contributed by atoms with van der Waals surface area (Å²) in [6.07, 6.45) is -0.189. The van der Waals surface area contributed by atoms with E-state index in [4.69, 9.17) is 16.3 Å². The molecule has 0 aromatic heterocycles. The lowest BCUT2D eigenvalue weighted by molar-refractivity contribution is -0.175. The van der Waals surface area contributed by atoms with Crippen molar-refractivity contribution in [1.82, 2.24) is 5.32 Å². The van der Waals surface area contributed by atoms with Gasteiger partial charge in [-0.2, -0.15) is 0 Å². The van der Waals surface area contributed by atoms with Gasteiger partial charge in [0, 0.05) is 36.5 Å². The van der Waals surface area contributed by atoms with Crippen LogP contribution in [0.3, 0.4) is 0 Å². The Hall–Kier alpha value is -2.69. The quantitative estimate of drug-likeness (QED) is 0.667. The molecule has 0 spiro atoms. The smallest absolute Gasteiger partial charge is 0.407 e. The predicted molar refractivity (Wildman–Crippen MR) is 106 cm³/mol. The first kappa shape index (κ1) is 22.0. The number of carbonyl (C=O) groups is 2. The van der Waals surface area contributed by atoms with Crippen LogP contribution in [0.2, 0.25) is 5.02 Å². The number of nitrogens with one attached hydrogen (secondary N) is 1. The third-order valence-corrected chi connectivity index (χ3v) is 5.80. The molecule has 2 aromatic rings. The average molecular weight is 457 g/mol. The van der Waals surface area contributed by atoms with Gasteiger partial charge in [0.05, 0.1) is 4.90 Å². The Morgan fingerprint density at radius 1 is 1.30 bits per heavy atom. The summed E-state index contributed by atoms with van der Waals surface area (Å²) in [6, 6.07) is 9.26. The molecular formula is C19H18ClFN2O6S. The van der Waals surface area contributed by atoms with Crippen LogP contribution in [0.25, 0.3) is 0 Å². The maximum Gasteiger partial charge on any atom is 0.410 e. The van der Waals surface area contributed by atoms with Gasteiger partial charge in [0.2, 0.25) is 0 Å². The molecule has 0 bridgehead atoms. The number of halogens is 2. The monoisotopic (exact) mass is 456 g/mol. The zero-order valence-corrected chi connectivity index (χ0v) is 17.3. The molecule has 1 atom stereocenters. The molecule has 1 saturated heterocycles. The second-order valence-corrected chi connectivity index (χ2v) is 9.23. The van der Waals surface area contributed by atoms with Crippen molar-refractivity contribution in [2.45, 2.75) is 23.6 Å². The molecule has 2 amide bonds. The van der Waals surface area contributed by atoms with Crippen LogP contribution >= 0.6 is 11.6 Å². The minimum absolute atomic E-state index is 0.0559. The normalized spacial score (nSPS) is 19.1. The van der Waals surface area contributed by atoms with E-state index in [1.165, 1.54) is 41.3 Å². The van der Waals surface area contributed by atoms with Gasteiger partial charge in [0.1, 0.15) is 5.82 Å². The summed E-state index contributed by atoms with van der Waals surface area (Å²) in [4.78, 5) is 25.9. The molecule has 2 N–H and O–H groups in total. The molecule has 160 valence electrons. The molecule has 1 aliphatic heterocycles. The number of nitrogens with zero attached hydrogens (tertiary/aromatic N) is 1. The highest BCUT2D eigenvalue weighted by Gasteiger charge is 2.49. The summed E-state index contributed by atoms with van der Waals surface area (Å²) in [5, 5.41) is 13.0. The van der Waals surface area contributed by atoms with Gasteiger partial charge in [0.25, 0.3) is 11.7 Å². The second kappa shape index (κ2) is 8.21. The van der Waals surface area contributed by atoms with Crippen LogP contribution in [0.5, 0.6) is 0 Å². The van der Waals surface area contributed by atoms with Gasteiger partial charge in [-0.15, -0.1) is 0 Å². The number of alkyl carbamates (subject to hydrolysis) is 1. The average Bonchev–Trinajstić information content (AvgIpc) is 2.93. The number of sulfone groups is 1. The topological polar surface area (TPSA) is 113 Å². The zero-order chi connectivity index (χ0) is 22.1. The van der Waals surface area contributed by atoms with E-state index in [-0.39, 0.29) is 29.4 Å². The first-order chi connectivity index (χ1) is 14.0. The van der Waals surface area contributed by atoms with Crippen molar-refractivity contribution in [2.75, 3.05) is 17.7 Å². The van der Waals surface area contributed by atoms with Crippen LogP contribution in [0.1, 0.15) is 12.0 Å². The molecule has 0 saturated carbocycles. The molecule has 0 radical (unpaired) electrons. The number of aliphatic hydroxyl groups is 1. The Morgan fingerprint density at radius 3 is 2.57 bits per heavy atom. The fourth-order valence-corrected chi connectivity index (χ4v) is 3.85. The molecular weight excluding hydrogens is 439 g/mol. The van der Waals surface area contributed by atoms with Crippen LogP contribution < -0.4 is 10.2 Å². The van der Waals surface area contributed by atoms with E-state index in [1.807, 2.05) is 0 Å². The van der Waals surface area contributed by atoms with E-state index in [9.17, 15) is 27.5 Å². The van der Waals surface area contributed by atoms with Gasteiger partial charge >= 0.3 is 6.09 Å². The molecule has 8 nitrogen and oxygen atoms in total. The zero-order valence-electron chi connectivity index (χ0n) is 15.8. The van der Waals surface area contributed by atoms with Crippen LogP contribution in [-0.4, -0.2) is 44.1 Å². The van der Waals surface area contributed by atoms with Crippen molar-refractivity contribution in [3.8, 4) is 0 Å². The minimum atomic E-state index is -3.39. The number of amides is 2. The van der Waals surface area contributed by atoms with Crippen molar-refractivity contribution in [1.29, 1.82) is 0 Å². The van der Waals surface area contributed by atoms with Crippen LogP contribution in [0.15, 0.2) is 47.4 Å². The van der Waals surface area contributed by atoms with Gasteiger partial charge in [-0.25, -0.2) is 17.6 Å². The molecule has 11 heteroatoms. The predicted octanol–water partition coefficient (Wildman–Crippen LogP) is 2.23.